The van der Waals surface area contributed by atoms with E-state index in [0.717, 1.165) is 81.6 Å². The molecule has 7 rings (SSSR count). The van der Waals surface area contributed by atoms with Crippen LogP contribution in [0.1, 0.15) is 36.6 Å². The number of aromatic amines is 1. The fourth-order valence-electron chi connectivity index (χ4n) is 6.54. The highest BCUT2D eigenvalue weighted by molar-refractivity contribution is 5.84. The van der Waals surface area contributed by atoms with Crippen LogP contribution in [-0.4, -0.2) is 81.2 Å². The van der Waals surface area contributed by atoms with Gasteiger partial charge in [-0.3, -0.25) is 14.8 Å². The molecule has 4 aromatic rings. The Hall–Kier alpha value is -3.33. The third kappa shape index (κ3) is 5.04. The predicted octanol–water partition coefficient (Wildman–Crippen LogP) is 4.27. The van der Waals surface area contributed by atoms with Crippen LogP contribution in [0.25, 0.3) is 22.3 Å². The Morgan fingerprint density at radius 3 is 2.82 bits per heavy atom. The van der Waals surface area contributed by atoms with Crippen molar-refractivity contribution in [2.24, 2.45) is 0 Å². The summed E-state index contributed by atoms with van der Waals surface area (Å²) in [6, 6.07) is 13.7. The summed E-state index contributed by atoms with van der Waals surface area (Å²) in [4.78, 5) is 25.8. The molecule has 0 aliphatic carbocycles. The zero-order valence-electron chi connectivity index (χ0n) is 22.7. The van der Waals surface area contributed by atoms with Crippen LogP contribution in [0.2, 0.25) is 0 Å². The van der Waals surface area contributed by atoms with Gasteiger partial charge in [0.2, 0.25) is 0 Å². The number of hydrogen-bond donors (Lipinski definition) is 1. The third-order valence-electron chi connectivity index (χ3n) is 8.73. The SMILES string of the molecule is C[C@H]1COCCN1c1nc(-c2ccc3[nH]ccc3c2)nc2c1CCN(C1CCN(Cc3cccnc3)CC1)C2. The topological polar surface area (TPSA) is 73.4 Å². The highest BCUT2D eigenvalue weighted by Crippen LogP contribution is 2.33. The number of H-pyrrole nitrogens is 1. The van der Waals surface area contributed by atoms with Gasteiger partial charge in [-0.25, -0.2) is 9.97 Å². The number of aromatic nitrogens is 4. The van der Waals surface area contributed by atoms with Gasteiger partial charge in [-0.15, -0.1) is 0 Å². The molecule has 3 aromatic heterocycles. The first kappa shape index (κ1) is 24.7. The molecule has 202 valence electrons. The lowest BCUT2D eigenvalue weighted by molar-refractivity contribution is 0.0922. The molecule has 0 amide bonds. The Labute approximate surface area is 230 Å². The molecule has 0 radical (unpaired) electrons. The van der Waals surface area contributed by atoms with Crippen molar-refractivity contribution in [3.05, 3.63) is 71.8 Å². The number of pyridine rings is 1. The van der Waals surface area contributed by atoms with E-state index >= 15 is 0 Å². The minimum absolute atomic E-state index is 0.305. The maximum atomic E-state index is 5.77. The molecule has 3 aliphatic heterocycles. The Morgan fingerprint density at radius 2 is 1.97 bits per heavy atom. The fraction of sp³-hybridized carbons (Fsp3) is 0.452. The predicted molar refractivity (Wildman–Crippen MR) is 154 cm³/mol. The molecule has 0 unspecified atom stereocenters. The van der Waals surface area contributed by atoms with Crippen molar-refractivity contribution in [1.29, 1.82) is 0 Å². The van der Waals surface area contributed by atoms with Crippen molar-refractivity contribution in [2.75, 3.05) is 44.3 Å². The number of benzene rings is 1. The van der Waals surface area contributed by atoms with E-state index in [4.69, 9.17) is 14.7 Å². The standard InChI is InChI=1S/C31H37N7O/c1-22-21-39-16-15-38(22)31-27-9-14-37(26-7-12-36(13-8-26)19-23-3-2-10-32-18-23)20-29(27)34-30(35-31)25-4-5-28-24(17-25)6-11-33-28/h2-6,10-11,17-18,22,26,33H,7-9,12-16,19-21H2,1H3/t22-/m0/s1. The summed E-state index contributed by atoms with van der Waals surface area (Å²) in [7, 11) is 0. The van der Waals surface area contributed by atoms with Crippen molar-refractivity contribution < 1.29 is 4.74 Å². The molecule has 1 N–H and O–H groups in total. The molecule has 3 aliphatic rings. The van der Waals surface area contributed by atoms with Crippen molar-refractivity contribution in [3.8, 4) is 11.4 Å². The van der Waals surface area contributed by atoms with Gasteiger partial charge in [-0.1, -0.05) is 6.07 Å². The number of piperidine rings is 1. The fourth-order valence-corrected chi connectivity index (χ4v) is 6.54. The number of anilines is 1. The Bertz CT molecular complexity index is 1430. The van der Waals surface area contributed by atoms with E-state index in [2.05, 4.69) is 61.9 Å². The zero-order valence-corrected chi connectivity index (χ0v) is 22.7. The maximum absolute atomic E-state index is 5.77. The van der Waals surface area contributed by atoms with Crippen LogP contribution in [0.3, 0.4) is 0 Å². The second-order valence-corrected chi connectivity index (χ2v) is 11.3. The van der Waals surface area contributed by atoms with Gasteiger partial charge < -0.3 is 14.6 Å². The summed E-state index contributed by atoms with van der Waals surface area (Å²) in [5.74, 6) is 1.95. The van der Waals surface area contributed by atoms with E-state index in [-0.39, 0.29) is 0 Å². The molecule has 1 atom stereocenters. The number of hydrogen-bond acceptors (Lipinski definition) is 7. The number of likely N-dealkylation sites (tertiary alicyclic amines) is 1. The number of morpholine rings is 1. The van der Waals surface area contributed by atoms with Crippen LogP contribution in [0, 0.1) is 0 Å². The summed E-state index contributed by atoms with van der Waals surface area (Å²) in [5, 5.41) is 1.19. The third-order valence-corrected chi connectivity index (χ3v) is 8.73. The molecular formula is C31H37N7O. The van der Waals surface area contributed by atoms with Crippen LogP contribution < -0.4 is 4.90 Å². The average molecular weight is 524 g/mol. The van der Waals surface area contributed by atoms with Crippen molar-refractivity contribution in [2.45, 2.75) is 51.4 Å². The second-order valence-electron chi connectivity index (χ2n) is 11.3. The van der Waals surface area contributed by atoms with Gasteiger partial charge >= 0.3 is 0 Å². The molecule has 39 heavy (non-hydrogen) atoms. The van der Waals surface area contributed by atoms with Gasteiger partial charge in [0, 0.05) is 72.8 Å². The average Bonchev–Trinajstić information content (AvgIpc) is 3.46. The van der Waals surface area contributed by atoms with Gasteiger partial charge in [0.1, 0.15) is 5.82 Å². The lowest BCUT2D eigenvalue weighted by Crippen LogP contribution is -2.48. The summed E-state index contributed by atoms with van der Waals surface area (Å²) >= 11 is 0. The number of fused-ring (bicyclic) bond motifs is 2. The Balaban J connectivity index is 1.14. The number of rotatable bonds is 5. The van der Waals surface area contributed by atoms with Crippen LogP contribution in [-0.2, 0) is 24.2 Å². The lowest BCUT2D eigenvalue weighted by Gasteiger charge is -2.42. The molecule has 6 heterocycles. The van der Waals surface area contributed by atoms with E-state index < -0.39 is 0 Å². The van der Waals surface area contributed by atoms with Crippen molar-refractivity contribution in [1.82, 2.24) is 29.7 Å². The van der Waals surface area contributed by atoms with Crippen molar-refractivity contribution in [3.63, 3.8) is 0 Å². The van der Waals surface area contributed by atoms with Gasteiger partial charge in [-0.05, 0) is 75.2 Å². The Kier molecular flexibility index (Phi) is 6.76. The maximum Gasteiger partial charge on any atom is 0.161 e. The summed E-state index contributed by atoms with van der Waals surface area (Å²) in [6.45, 7) is 9.83. The minimum Gasteiger partial charge on any atom is -0.377 e. The molecule has 0 saturated carbocycles. The monoisotopic (exact) mass is 523 g/mol. The van der Waals surface area contributed by atoms with E-state index in [0.29, 0.717) is 12.1 Å². The van der Waals surface area contributed by atoms with Crippen LogP contribution in [0.4, 0.5) is 5.82 Å². The molecule has 8 heteroatoms. The highest BCUT2D eigenvalue weighted by Gasteiger charge is 2.32. The van der Waals surface area contributed by atoms with Crippen LogP contribution in [0.5, 0.6) is 0 Å². The smallest absolute Gasteiger partial charge is 0.161 e. The van der Waals surface area contributed by atoms with Crippen molar-refractivity contribution >= 4 is 16.7 Å². The normalized spacial score (nSPS) is 21.4. The quantitative estimate of drug-likeness (QED) is 0.419. The van der Waals surface area contributed by atoms with E-state index in [1.54, 1.807) is 0 Å². The van der Waals surface area contributed by atoms with E-state index in [1.807, 2.05) is 24.7 Å². The number of nitrogens with one attached hydrogen (secondary N) is 1. The first-order chi connectivity index (χ1) is 19.2. The molecule has 2 fully saturated rings. The Morgan fingerprint density at radius 1 is 1.05 bits per heavy atom. The number of nitrogens with zero attached hydrogens (tertiary/aromatic N) is 6. The summed E-state index contributed by atoms with van der Waals surface area (Å²) in [5.41, 5.74) is 6.05. The van der Waals surface area contributed by atoms with Crippen LogP contribution >= 0.6 is 0 Å². The largest absolute Gasteiger partial charge is 0.377 e. The molecule has 0 bridgehead atoms. The highest BCUT2D eigenvalue weighted by atomic mass is 16.5. The van der Waals surface area contributed by atoms with Gasteiger partial charge in [-0.2, -0.15) is 0 Å². The first-order valence-corrected chi connectivity index (χ1v) is 14.4. The molecular weight excluding hydrogens is 486 g/mol. The first-order valence-electron chi connectivity index (χ1n) is 14.4. The number of ether oxygens (including phenoxy) is 1. The zero-order chi connectivity index (χ0) is 26.2. The second kappa shape index (κ2) is 10.7. The van der Waals surface area contributed by atoms with Gasteiger partial charge in [0.25, 0.3) is 0 Å². The van der Waals surface area contributed by atoms with E-state index in [9.17, 15) is 0 Å². The molecule has 2 saturated heterocycles. The molecule has 0 spiro atoms. The van der Waals surface area contributed by atoms with Gasteiger partial charge in [0.15, 0.2) is 5.82 Å². The van der Waals surface area contributed by atoms with E-state index in [1.165, 1.54) is 35.0 Å². The minimum atomic E-state index is 0.305. The van der Waals surface area contributed by atoms with Gasteiger partial charge in [0.05, 0.1) is 24.9 Å². The molecule has 8 nitrogen and oxygen atoms in total. The van der Waals surface area contributed by atoms with Crippen LogP contribution in [0.15, 0.2) is 55.0 Å². The summed E-state index contributed by atoms with van der Waals surface area (Å²) < 4.78 is 5.77. The summed E-state index contributed by atoms with van der Waals surface area (Å²) in [6.07, 6.45) is 9.23. The lowest BCUT2D eigenvalue weighted by atomic mass is 9.97. The molecule has 1 aromatic carbocycles.